The molecule has 0 aromatic carbocycles. The SMILES string of the molecule is CCCCCCCCN1C(=O)C(=Cc2c(C)c(C#N)c(=O)n(CCCC)c2N2CCCCCC2)SC1=S. The van der Waals surface area contributed by atoms with Gasteiger partial charge in [0.25, 0.3) is 11.5 Å². The van der Waals surface area contributed by atoms with Gasteiger partial charge in [0.15, 0.2) is 0 Å². The number of thiocarbonyl (C=S) groups is 1. The lowest BCUT2D eigenvalue weighted by Gasteiger charge is -2.29. The summed E-state index contributed by atoms with van der Waals surface area (Å²) in [6, 6.07) is 2.16. The van der Waals surface area contributed by atoms with E-state index in [4.69, 9.17) is 12.2 Å². The number of anilines is 1. The average molecular weight is 543 g/mol. The summed E-state index contributed by atoms with van der Waals surface area (Å²) < 4.78 is 2.39. The minimum Gasteiger partial charge on any atom is -0.357 e. The molecule has 0 N–H and O–H groups in total. The molecule has 0 unspecified atom stereocenters. The van der Waals surface area contributed by atoms with Crippen molar-refractivity contribution in [2.75, 3.05) is 24.5 Å². The van der Waals surface area contributed by atoms with Crippen LogP contribution >= 0.6 is 24.0 Å². The molecule has 6 nitrogen and oxygen atoms in total. The quantitative estimate of drug-likeness (QED) is 0.165. The maximum Gasteiger partial charge on any atom is 0.270 e. The van der Waals surface area contributed by atoms with Gasteiger partial charge in [-0.05, 0) is 44.2 Å². The predicted octanol–water partition coefficient (Wildman–Crippen LogP) is 6.77. The van der Waals surface area contributed by atoms with Crippen LogP contribution in [0.25, 0.3) is 6.08 Å². The molecule has 1 aromatic heterocycles. The molecule has 2 aliphatic heterocycles. The Hall–Kier alpha value is -2.11. The van der Waals surface area contributed by atoms with Crippen LogP contribution in [-0.4, -0.2) is 39.3 Å². The van der Waals surface area contributed by atoms with E-state index in [-0.39, 0.29) is 17.0 Å². The Morgan fingerprint density at radius 3 is 2.24 bits per heavy atom. The highest BCUT2D eigenvalue weighted by molar-refractivity contribution is 8.26. The Labute approximate surface area is 232 Å². The molecule has 202 valence electrons. The Kier molecular flexibility index (Phi) is 11.7. The van der Waals surface area contributed by atoms with Gasteiger partial charge in [0.05, 0.1) is 4.91 Å². The highest BCUT2D eigenvalue weighted by Crippen LogP contribution is 2.36. The molecule has 2 aliphatic rings. The monoisotopic (exact) mass is 542 g/mol. The van der Waals surface area contributed by atoms with Crippen molar-refractivity contribution in [1.82, 2.24) is 9.47 Å². The number of carbonyl (C=O) groups is 1. The second-order valence-corrected chi connectivity index (χ2v) is 11.8. The van der Waals surface area contributed by atoms with Crippen LogP contribution in [0.5, 0.6) is 0 Å². The van der Waals surface area contributed by atoms with Crippen molar-refractivity contribution in [3.63, 3.8) is 0 Å². The van der Waals surface area contributed by atoms with Crippen molar-refractivity contribution >= 4 is 46.1 Å². The lowest BCUT2D eigenvalue weighted by atomic mass is 10.0. The van der Waals surface area contributed by atoms with E-state index < -0.39 is 0 Å². The first-order valence-corrected chi connectivity index (χ1v) is 15.3. The smallest absolute Gasteiger partial charge is 0.270 e. The summed E-state index contributed by atoms with van der Waals surface area (Å²) in [6.45, 7) is 9.11. The van der Waals surface area contributed by atoms with Gasteiger partial charge in [0.1, 0.15) is 21.8 Å². The summed E-state index contributed by atoms with van der Waals surface area (Å²) in [5, 5.41) is 9.89. The Morgan fingerprint density at radius 1 is 0.946 bits per heavy atom. The zero-order chi connectivity index (χ0) is 26.8. The highest BCUT2D eigenvalue weighted by Gasteiger charge is 2.33. The van der Waals surface area contributed by atoms with Gasteiger partial charge in [-0.25, -0.2) is 0 Å². The van der Waals surface area contributed by atoms with Crippen LogP contribution < -0.4 is 10.5 Å². The number of carbonyl (C=O) groups excluding carboxylic acids is 1. The van der Waals surface area contributed by atoms with Gasteiger partial charge < -0.3 is 4.90 Å². The molecule has 0 spiro atoms. The Morgan fingerprint density at radius 2 is 1.59 bits per heavy atom. The van der Waals surface area contributed by atoms with E-state index in [1.807, 2.05) is 13.0 Å². The summed E-state index contributed by atoms with van der Waals surface area (Å²) >= 11 is 6.94. The molecule has 37 heavy (non-hydrogen) atoms. The van der Waals surface area contributed by atoms with E-state index in [0.717, 1.165) is 63.0 Å². The molecular formula is C29H42N4O2S2. The third-order valence-corrected chi connectivity index (χ3v) is 8.75. The number of pyridine rings is 1. The average Bonchev–Trinajstić information content (AvgIpc) is 3.05. The number of nitriles is 1. The van der Waals surface area contributed by atoms with Crippen LogP contribution in [0.15, 0.2) is 9.70 Å². The molecule has 0 atom stereocenters. The van der Waals surface area contributed by atoms with E-state index in [1.165, 1.54) is 50.3 Å². The molecular weight excluding hydrogens is 500 g/mol. The summed E-state index contributed by atoms with van der Waals surface area (Å²) in [5.41, 5.74) is 1.42. The fourth-order valence-electron chi connectivity index (χ4n) is 5.17. The van der Waals surface area contributed by atoms with E-state index in [1.54, 1.807) is 9.47 Å². The Balaban J connectivity index is 1.99. The fourth-order valence-corrected chi connectivity index (χ4v) is 6.46. The van der Waals surface area contributed by atoms with Gasteiger partial charge in [-0.2, -0.15) is 5.26 Å². The number of aromatic nitrogens is 1. The molecule has 3 rings (SSSR count). The molecule has 3 heterocycles. The maximum atomic E-state index is 13.4. The van der Waals surface area contributed by atoms with E-state index >= 15 is 0 Å². The number of hydrogen-bond donors (Lipinski definition) is 0. The minimum absolute atomic E-state index is 0.0606. The van der Waals surface area contributed by atoms with Gasteiger partial charge in [-0.1, -0.05) is 89.2 Å². The fraction of sp³-hybridized carbons (Fsp3) is 0.655. The van der Waals surface area contributed by atoms with Gasteiger partial charge in [-0.3, -0.25) is 19.1 Å². The molecule has 0 aliphatic carbocycles. The standard InChI is InChI=1S/C29H42N4O2S2/c1-4-6-8-9-10-15-19-33-28(35)25(37-29(33)36)20-23-22(3)24(21-30)27(34)32(18-7-5-2)26(23)31-16-13-11-12-14-17-31/h20H,4-19H2,1-3H3. The summed E-state index contributed by atoms with van der Waals surface area (Å²) in [7, 11) is 0. The first-order chi connectivity index (χ1) is 17.9. The normalized spacial score (nSPS) is 17.5. The van der Waals surface area contributed by atoms with Crippen molar-refractivity contribution in [2.24, 2.45) is 0 Å². The maximum absolute atomic E-state index is 13.4. The van der Waals surface area contributed by atoms with Crippen LogP contribution in [0.2, 0.25) is 0 Å². The van der Waals surface area contributed by atoms with E-state index in [2.05, 4.69) is 24.8 Å². The largest absolute Gasteiger partial charge is 0.357 e. The number of thioether (sulfide) groups is 1. The molecule has 0 saturated carbocycles. The molecule has 1 amide bonds. The zero-order valence-corrected chi connectivity index (χ0v) is 24.4. The summed E-state index contributed by atoms with van der Waals surface area (Å²) in [6.07, 6.45) is 15.2. The highest BCUT2D eigenvalue weighted by atomic mass is 32.2. The molecule has 2 saturated heterocycles. The second kappa shape index (κ2) is 14.7. The van der Waals surface area contributed by atoms with Crippen LogP contribution in [0.1, 0.15) is 108 Å². The van der Waals surface area contributed by atoms with Crippen LogP contribution in [0.3, 0.4) is 0 Å². The van der Waals surface area contributed by atoms with Gasteiger partial charge in [0, 0.05) is 31.7 Å². The number of rotatable bonds is 12. The minimum atomic E-state index is -0.222. The van der Waals surface area contributed by atoms with Crippen molar-refractivity contribution in [1.29, 1.82) is 5.26 Å². The summed E-state index contributed by atoms with van der Waals surface area (Å²) in [4.78, 5) is 31.5. The van der Waals surface area contributed by atoms with Gasteiger partial charge in [0.2, 0.25) is 0 Å². The van der Waals surface area contributed by atoms with E-state index in [9.17, 15) is 14.9 Å². The number of unbranched alkanes of at least 4 members (excludes halogenated alkanes) is 6. The molecule has 0 radical (unpaired) electrons. The van der Waals surface area contributed by atoms with E-state index in [0.29, 0.717) is 27.9 Å². The lowest BCUT2D eigenvalue weighted by Crippen LogP contribution is -2.35. The zero-order valence-electron chi connectivity index (χ0n) is 22.8. The third kappa shape index (κ3) is 7.26. The van der Waals surface area contributed by atoms with Crippen LogP contribution in [-0.2, 0) is 11.3 Å². The summed E-state index contributed by atoms with van der Waals surface area (Å²) in [5.74, 6) is 0.799. The third-order valence-electron chi connectivity index (χ3n) is 7.37. The van der Waals surface area contributed by atoms with Gasteiger partial charge >= 0.3 is 0 Å². The topological polar surface area (TPSA) is 69.3 Å². The lowest BCUT2D eigenvalue weighted by molar-refractivity contribution is -0.122. The number of amides is 1. The second-order valence-electron chi connectivity index (χ2n) is 10.2. The Bertz CT molecular complexity index is 1090. The van der Waals surface area contributed by atoms with Crippen molar-refractivity contribution in [3.8, 4) is 6.07 Å². The number of nitrogens with zero attached hydrogens (tertiary/aromatic N) is 4. The van der Waals surface area contributed by atoms with Crippen molar-refractivity contribution in [3.05, 3.63) is 31.9 Å². The molecule has 2 fully saturated rings. The number of hydrogen-bond acceptors (Lipinski definition) is 6. The van der Waals surface area contributed by atoms with Crippen LogP contribution in [0, 0.1) is 18.3 Å². The molecule has 0 bridgehead atoms. The predicted molar refractivity (Wildman–Crippen MR) is 159 cm³/mol. The molecule has 1 aromatic rings. The first-order valence-electron chi connectivity index (χ1n) is 14.1. The first kappa shape index (κ1) is 29.4. The van der Waals surface area contributed by atoms with Crippen molar-refractivity contribution in [2.45, 2.75) is 104 Å². The van der Waals surface area contributed by atoms with Crippen LogP contribution in [0.4, 0.5) is 5.82 Å². The molecule has 8 heteroatoms. The van der Waals surface area contributed by atoms with Crippen molar-refractivity contribution < 1.29 is 4.79 Å². The van der Waals surface area contributed by atoms with Gasteiger partial charge in [-0.15, -0.1) is 0 Å².